The monoisotopic (exact) mass is 254 g/mol. The van der Waals surface area contributed by atoms with Crippen molar-refractivity contribution < 1.29 is 9.59 Å². The van der Waals surface area contributed by atoms with Gasteiger partial charge in [-0.15, -0.1) is 11.3 Å². The fourth-order valence-corrected chi connectivity index (χ4v) is 1.98. The Balaban J connectivity index is 2.26. The average Bonchev–Trinajstić information content (AvgIpc) is 2.64. The van der Waals surface area contributed by atoms with Gasteiger partial charge in [-0.2, -0.15) is 0 Å². The predicted molar refractivity (Wildman–Crippen MR) is 68.9 cm³/mol. The van der Waals surface area contributed by atoms with Gasteiger partial charge in [-0.1, -0.05) is 6.07 Å². The van der Waals surface area contributed by atoms with E-state index < -0.39 is 0 Å². The van der Waals surface area contributed by atoms with Crippen LogP contribution in [-0.4, -0.2) is 23.9 Å². The van der Waals surface area contributed by atoms with Gasteiger partial charge >= 0.3 is 0 Å². The van der Waals surface area contributed by atoms with Gasteiger partial charge in [-0.25, -0.2) is 0 Å². The molecule has 0 spiro atoms. The molecule has 1 aromatic heterocycles. The van der Waals surface area contributed by atoms with Crippen molar-refractivity contribution in [2.75, 3.05) is 6.54 Å². The molecule has 1 heterocycles. The zero-order valence-corrected chi connectivity index (χ0v) is 11.2. The maximum absolute atomic E-state index is 11.5. The highest BCUT2D eigenvalue weighted by Crippen LogP contribution is 2.08. The van der Waals surface area contributed by atoms with Crippen molar-refractivity contribution in [2.24, 2.45) is 0 Å². The van der Waals surface area contributed by atoms with E-state index in [9.17, 15) is 9.59 Å². The summed E-state index contributed by atoms with van der Waals surface area (Å²) in [5.74, 6) is -0.298. The van der Waals surface area contributed by atoms with Gasteiger partial charge in [0.25, 0.3) is 0 Å². The highest BCUT2D eigenvalue weighted by atomic mass is 32.1. The molecule has 0 saturated carbocycles. The minimum absolute atomic E-state index is 0.0292. The maximum atomic E-state index is 11.5. The molecule has 0 aliphatic rings. The molecule has 0 aromatic carbocycles. The lowest BCUT2D eigenvalue weighted by atomic mass is 10.1. The molecule has 0 saturated heterocycles. The summed E-state index contributed by atoms with van der Waals surface area (Å²) in [7, 11) is 0. The molecule has 94 valence electrons. The van der Waals surface area contributed by atoms with Crippen molar-refractivity contribution >= 4 is 23.2 Å². The van der Waals surface area contributed by atoms with Crippen molar-refractivity contribution in [3.05, 3.63) is 22.4 Å². The Labute approximate surface area is 105 Å². The molecule has 5 heteroatoms. The van der Waals surface area contributed by atoms with Crippen LogP contribution in [0.5, 0.6) is 0 Å². The molecule has 1 rings (SSSR count). The lowest BCUT2D eigenvalue weighted by Gasteiger charge is -2.20. The van der Waals surface area contributed by atoms with E-state index >= 15 is 0 Å². The molecule has 0 unspecified atom stereocenters. The van der Waals surface area contributed by atoms with E-state index in [4.69, 9.17) is 0 Å². The minimum Gasteiger partial charge on any atom is -0.350 e. The zero-order valence-electron chi connectivity index (χ0n) is 10.4. The van der Waals surface area contributed by atoms with Gasteiger partial charge in [-0.05, 0) is 32.2 Å². The summed E-state index contributed by atoms with van der Waals surface area (Å²) in [6, 6.07) is 3.80. The Morgan fingerprint density at radius 1 is 1.29 bits per heavy atom. The van der Waals surface area contributed by atoms with Gasteiger partial charge in [0.2, 0.25) is 11.8 Å². The van der Waals surface area contributed by atoms with Crippen LogP contribution in [0.1, 0.15) is 25.6 Å². The first kappa shape index (κ1) is 13.7. The van der Waals surface area contributed by atoms with Crippen LogP contribution in [0, 0.1) is 0 Å². The SMILES string of the molecule is CC(C)(C)NC(=O)CNC(=O)Cc1cccs1. The van der Waals surface area contributed by atoms with Crippen LogP contribution in [0.3, 0.4) is 0 Å². The lowest BCUT2D eigenvalue weighted by molar-refractivity contribution is -0.126. The Bertz CT molecular complexity index is 380. The van der Waals surface area contributed by atoms with Gasteiger partial charge in [0.1, 0.15) is 0 Å². The maximum Gasteiger partial charge on any atom is 0.239 e. The van der Waals surface area contributed by atoms with Gasteiger partial charge in [0.15, 0.2) is 0 Å². The van der Waals surface area contributed by atoms with Gasteiger partial charge < -0.3 is 10.6 Å². The number of nitrogens with one attached hydrogen (secondary N) is 2. The van der Waals surface area contributed by atoms with Crippen molar-refractivity contribution in [2.45, 2.75) is 32.7 Å². The Morgan fingerprint density at radius 3 is 2.53 bits per heavy atom. The normalized spacial score (nSPS) is 11.0. The number of thiophene rings is 1. The Hall–Kier alpha value is -1.36. The van der Waals surface area contributed by atoms with E-state index in [0.29, 0.717) is 6.42 Å². The molecule has 2 N–H and O–H groups in total. The van der Waals surface area contributed by atoms with Crippen LogP contribution in [0.25, 0.3) is 0 Å². The molecular weight excluding hydrogens is 236 g/mol. The quantitative estimate of drug-likeness (QED) is 0.851. The van der Waals surface area contributed by atoms with E-state index in [0.717, 1.165) is 4.88 Å². The van der Waals surface area contributed by atoms with Crippen LogP contribution in [-0.2, 0) is 16.0 Å². The van der Waals surface area contributed by atoms with E-state index in [1.54, 1.807) is 0 Å². The first-order valence-corrected chi connectivity index (χ1v) is 6.35. The van der Waals surface area contributed by atoms with E-state index in [-0.39, 0.29) is 23.9 Å². The van der Waals surface area contributed by atoms with Crippen molar-refractivity contribution in [3.8, 4) is 0 Å². The second kappa shape index (κ2) is 5.82. The predicted octanol–water partition coefficient (Wildman–Crippen LogP) is 1.32. The van der Waals surface area contributed by atoms with E-state index in [2.05, 4.69) is 10.6 Å². The summed E-state index contributed by atoms with van der Waals surface area (Å²) in [4.78, 5) is 23.9. The largest absolute Gasteiger partial charge is 0.350 e. The van der Waals surface area contributed by atoms with Gasteiger partial charge in [0, 0.05) is 10.4 Å². The molecule has 2 amide bonds. The molecule has 0 aliphatic carbocycles. The molecular formula is C12H18N2O2S. The number of hydrogen-bond acceptors (Lipinski definition) is 3. The summed E-state index contributed by atoms with van der Waals surface area (Å²) in [6.07, 6.45) is 0.334. The number of carbonyl (C=O) groups excluding carboxylic acids is 2. The van der Waals surface area contributed by atoms with E-state index in [1.807, 2.05) is 38.3 Å². The molecule has 0 fully saturated rings. The van der Waals surface area contributed by atoms with Crippen molar-refractivity contribution in [1.82, 2.24) is 10.6 Å². The topological polar surface area (TPSA) is 58.2 Å². The first-order valence-electron chi connectivity index (χ1n) is 5.47. The number of carbonyl (C=O) groups is 2. The lowest BCUT2D eigenvalue weighted by Crippen LogP contribution is -2.46. The minimum atomic E-state index is -0.268. The van der Waals surface area contributed by atoms with E-state index in [1.165, 1.54) is 11.3 Å². The second-order valence-electron chi connectivity index (χ2n) is 4.83. The summed E-state index contributed by atoms with van der Waals surface area (Å²) < 4.78 is 0. The summed E-state index contributed by atoms with van der Waals surface area (Å²) in [6.45, 7) is 5.73. The van der Waals surface area contributed by atoms with Crippen LogP contribution < -0.4 is 10.6 Å². The van der Waals surface area contributed by atoms with Crippen LogP contribution in [0.15, 0.2) is 17.5 Å². The van der Waals surface area contributed by atoms with Gasteiger partial charge in [0.05, 0.1) is 13.0 Å². The van der Waals surface area contributed by atoms with Crippen LogP contribution in [0.2, 0.25) is 0 Å². The van der Waals surface area contributed by atoms with Crippen LogP contribution >= 0.6 is 11.3 Å². The third-order valence-electron chi connectivity index (χ3n) is 1.88. The van der Waals surface area contributed by atoms with Crippen LogP contribution in [0.4, 0.5) is 0 Å². The number of amides is 2. The molecule has 4 nitrogen and oxygen atoms in total. The molecule has 1 aromatic rings. The Morgan fingerprint density at radius 2 is 2.00 bits per heavy atom. The molecule has 0 aliphatic heterocycles. The average molecular weight is 254 g/mol. The molecule has 17 heavy (non-hydrogen) atoms. The highest BCUT2D eigenvalue weighted by molar-refractivity contribution is 7.10. The standard InChI is InChI=1S/C12H18N2O2S/c1-12(2,3)14-11(16)8-13-10(15)7-9-5-4-6-17-9/h4-6H,7-8H2,1-3H3,(H,13,15)(H,14,16). The third kappa shape index (κ3) is 6.06. The molecule has 0 atom stereocenters. The smallest absolute Gasteiger partial charge is 0.239 e. The Kier molecular flexibility index (Phi) is 4.69. The summed E-state index contributed by atoms with van der Waals surface area (Å²) in [5, 5.41) is 7.31. The number of hydrogen-bond donors (Lipinski definition) is 2. The summed E-state index contributed by atoms with van der Waals surface area (Å²) >= 11 is 1.53. The fraction of sp³-hybridized carbons (Fsp3) is 0.500. The highest BCUT2D eigenvalue weighted by Gasteiger charge is 2.14. The van der Waals surface area contributed by atoms with Gasteiger partial charge in [-0.3, -0.25) is 9.59 Å². The third-order valence-corrected chi connectivity index (χ3v) is 2.75. The number of rotatable bonds is 4. The van der Waals surface area contributed by atoms with Crippen molar-refractivity contribution in [1.29, 1.82) is 0 Å². The zero-order chi connectivity index (χ0) is 12.9. The first-order chi connectivity index (χ1) is 7.87. The van der Waals surface area contributed by atoms with Crippen molar-refractivity contribution in [3.63, 3.8) is 0 Å². The fourth-order valence-electron chi connectivity index (χ4n) is 1.28. The summed E-state index contributed by atoms with van der Waals surface area (Å²) in [5.41, 5.74) is -0.268. The molecule has 0 bridgehead atoms. The molecule has 0 radical (unpaired) electrons. The second-order valence-corrected chi connectivity index (χ2v) is 5.86.